The van der Waals surface area contributed by atoms with Crippen LogP contribution in [0.1, 0.15) is 21.5 Å². The fourth-order valence-electron chi connectivity index (χ4n) is 1.57. The fraction of sp³-hybridized carbons (Fsp3) is 0.0714. The number of benzene rings is 2. The molecule has 0 saturated carbocycles. The maximum absolute atomic E-state index is 12.3. The molecule has 2 aromatic carbocycles. The summed E-state index contributed by atoms with van der Waals surface area (Å²) >= 11 is 4.05. The highest BCUT2D eigenvalue weighted by molar-refractivity contribution is 14.1. The van der Waals surface area contributed by atoms with E-state index in [2.05, 4.69) is 0 Å². The van der Waals surface area contributed by atoms with Crippen LogP contribution in [0.5, 0.6) is 5.75 Å². The lowest BCUT2D eigenvalue weighted by atomic mass is 10.0. The van der Waals surface area contributed by atoms with Crippen molar-refractivity contribution in [3.63, 3.8) is 0 Å². The molecule has 0 amide bonds. The zero-order valence-electron chi connectivity index (χ0n) is 9.58. The SMILES string of the molecule is Cc1ccc(C(=O)c2cc(I)c(O)c(I)c2)cc1. The van der Waals surface area contributed by atoms with Crippen molar-refractivity contribution >= 4 is 51.0 Å². The van der Waals surface area contributed by atoms with Gasteiger partial charge in [0.15, 0.2) is 5.78 Å². The molecule has 4 heteroatoms. The predicted molar refractivity (Wildman–Crippen MR) is 88.2 cm³/mol. The van der Waals surface area contributed by atoms with E-state index in [-0.39, 0.29) is 11.5 Å². The number of hydrogen-bond donors (Lipinski definition) is 1. The third-order valence-electron chi connectivity index (χ3n) is 2.59. The van der Waals surface area contributed by atoms with Crippen LogP contribution in [-0.2, 0) is 0 Å². The van der Waals surface area contributed by atoms with Crippen molar-refractivity contribution < 1.29 is 9.90 Å². The number of rotatable bonds is 2. The summed E-state index contributed by atoms with van der Waals surface area (Å²) in [6.45, 7) is 1.99. The van der Waals surface area contributed by atoms with E-state index in [0.29, 0.717) is 18.3 Å². The van der Waals surface area contributed by atoms with Crippen LogP contribution in [0.3, 0.4) is 0 Å². The van der Waals surface area contributed by atoms with Gasteiger partial charge in [0.1, 0.15) is 5.75 Å². The Hall–Kier alpha value is -0.630. The van der Waals surface area contributed by atoms with Crippen molar-refractivity contribution in [3.8, 4) is 5.75 Å². The second-order valence-electron chi connectivity index (χ2n) is 3.98. The van der Waals surface area contributed by atoms with E-state index in [4.69, 9.17) is 0 Å². The average Bonchev–Trinajstić information content (AvgIpc) is 2.35. The molecule has 0 atom stereocenters. The fourth-order valence-corrected chi connectivity index (χ4v) is 3.34. The number of aromatic hydroxyl groups is 1. The van der Waals surface area contributed by atoms with Crippen molar-refractivity contribution in [1.29, 1.82) is 0 Å². The largest absolute Gasteiger partial charge is 0.506 e. The molecule has 0 unspecified atom stereocenters. The highest BCUT2D eigenvalue weighted by Gasteiger charge is 2.13. The van der Waals surface area contributed by atoms with Gasteiger partial charge in [-0.3, -0.25) is 4.79 Å². The molecule has 0 aliphatic rings. The van der Waals surface area contributed by atoms with Gasteiger partial charge >= 0.3 is 0 Å². The Kier molecular flexibility index (Phi) is 4.26. The van der Waals surface area contributed by atoms with Gasteiger partial charge in [0, 0.05) is 11.1 Å². The second-order valence-corrected chi connectivity index (χ2v) is 6.31. The van der Waals surface area contributed by atoms with Crippen molar-refractivity contribution in [3.05, 3.63) is 60.2 Å². The minimum absolute atomic E-state index is 0.0224. The first kappa shape index (κ1) is 13.8. The number of aryl methyl sites for hydroxylation is 1. The van der Waals surface area contributed by atoms with Crippen molar-refractivity contribution in [1.82, 2.24) is 0 Å². The standard InChI is InChI=1S/C14H10I2O2/c1-8-2-4-9(5-3-8)13(17)10-6-11(15)14(18)12(16)7-10/h2-7,18H,1H3. The molecule has 0 spiro atoms. The van der Waals surface area contributed by atoms with Crippen LogP contribution in [0.25, 0.3) is 0 Å². The molecule has 0 aromatic heterocycles. The van der Waals surface area contributed by atoms with E-state index in [1.54, 1.807) is 12.1 Å². The maximum atomic E-state index is 12.3. The lowest BCUT2D eigenvalue weighted by molar-refractivity contribution is 0.103. The van der Waals surface area contributed by atoms with Gasteiger partial charge in [-0.2, -0.15) is 0 Å². The number of phenols is 1. The molecule has 0 heterocycles. The Balaban J connectivity index is 2.43. The zero-order valence-corrected chi connectivity index (χ0v) is 13.9. The van der Waals surface area contributed by atoms with E-state index in [1.807, 2.05) is 76.4 Å². The topological polar surface area (TPSA) is 37.3 Å². The molecule has 0 bridgehead atoms. The Bertz CT molecular complexity index is 581. The first-order valence-corrected chi connectivity index (χ1v) is 7.44. The van der Waals surface area contributed by atoms with Crippen LogP contribution >= 0.6 is 45.2 Å². The Morgan fingerprint density at radius 2 is 1.50 bits per heavy atom. The highest BCUT2D eigenvalue weighted by Crippen LogP contribution is 2.28. The van der Waals surface area contributed by atoms with Gasteiger partial charge in [0.25, 0.3) is 0 Å². The monoisotopic (exact) mass is 464 g/mol. The first-order chi connectivity index (χ1) is 8.49. The van der Waals surface area contributed by atoms with Crippen LogP contribution in [0, 0.1) is 14.1 Å². The Labute approximate surface area is 133 Å². The first-order valence-electron chi connectivity index (χ1n) is 5.28. The molecule has 1 N–H and O–H groups in total. The van der Waals surface area contributed by atoms with Crippen LogP contribution in [0.15, 0.2) is 36.4 Å². The number of ketones is 1. The Morgan fingerprint density at radius 3 is 2.00 bits per heavy atom. The van der Waals surface area contributed by atoms with Gasteiger partial charge in [0.05, 0.1) is 7.14 Å². The lowest BCUT2D eigenvalue weighted by Crippen LogP contribution is -2.02. The molecule has 0 saturated heterocycles. The van der Waals surface area contributed by atoms with E-state index >= 15 is 0 Å². The summed E-state index contributed by atoms with van der Waals surface area (Å²) in [6.07, 6.45) is 0. The number of carbonyl (C=O) groups is 1. The minimum atomic E-state index is -0.0224. The molecule has 0 aliphatic heterocycles. The van der Waals surface area contributed by atoms with Gasteiger partial charge in [-0.1, -0.05) is 29.8 Å². The van der Waals surface area contributed by atoms with Gasteiger partial charge < -0.3 is 5.11 Å². The van der Waals surface area contributed by atoms with Crippen molar-refractivity contribution in [2.45, 2.75) is 6.92 Å². The summed E-state index contributed by atoms with van der Waals surface area (Å²) in [6, 6.07) is 10.9. The maximum Gasteiger partial charge on any atom is 0.193 e. The van der Waals surface area contributed by atoms with Crippen LogP contribution < -0.4 is 0 Å². The molecule has 0 fully saturated rings. The molecular formula is C14H10I2O2. The van der Waals surface area contributed by atoms with E-state index in [9.17, 15) is 9.90 Å². The summed E-state index contributed by atoms with van der Waals surface area (Å²) in [4.78, 5) is 12.3. The molecule has 0 aliphatic carbocycles. The average molecular weight is 464 g/mol. The molecule has 2 rings (SSSR count). The highest BCUT2D eigenvalue weighted by atomic mass is 127. The normalized spacial score (nSPS) is 10.4. The summed E-state index contributed by atoms with van der Waals surface area (Å²) in [5.41, 5.74) is 2.39. The molecule has 0 radical (unpaired) electrons. The minimum Gasteiger partial charge on any atom is -0.506 e. The Morgan fingerprint density at radius 1 is 1.00 bits per heavy atom. The number of halogens is 2. The van der Waals surface area contributed by atoms with E-state index in [0.717, 1.165) is 5.56 Å². The predicted octanol–water partition coefficient (Wildman–Crippen LogP) is 4.14. The molecule has 92 valence electrons. The molecule has 2 aromatic rings. The third-order valence-corrected chi connectivity index (χ3v) is 4.24. The number of hydrogen-bond acceptors (Lipinski definition) is 2. The second kappa shape index (κ2) is 5.56. The van der Waals surface area contributed by atoms with E-state index in [1.165, 1.54) is 0 Å². The van der Waals surface area contributed by atoms with Crippen molar-refractivity contribution in [2.24, 2.45) is 0 Å². The number of phenolic OH excluding ortho intramolecular Hbond substituents is 1. The van der Waals surface area contributed by atoms with Gasteiger partial charge in [-0.15, -0.1) is 0 Å². The van der Waals surface area contributed by atoms with Gasteiger partial charge in [-0.25, -0.2) is 0 Å². The molecule has 18 heavy (non-hydrogen) atoms. The lowest BCUT2D eigenvalue weighted by Gasteiger charge is -2.06. The van der Waals surface area contributed by atoms with E-state index < -0.39 is 0 Å². The molecule has 2 nitrogen and oxygen atoms in total. The smallest absolute Gasteiger partial charge is 0.193 e. The zero-order chi connectivity index (χ0) is 13.3. The summed E-state index contributed by atoms with van der Waals surface area (Å²) in [5.74, 6) is 0.211. The van der Waals surface area contributed by atoms with Gasteiger partial charge in [0.2, 0.25) is 0 Å². The van der Waals surface area contributed by atoms with Crippen LogP contribution in [0.2, 0.25) is 0 Å². The quantitative estimate of drug-likeness (QED) is 0.537. The van der Waals surface area contributed by atoms with Crippen LogP contribution in [0.4, 0.5) is 0 Å². The van der Waals surface area contributed by atoms with Crippen molar-refractivity contribution in [2.75, 3.05) is 0 Å². The number of carbonyl (C=O) groups excluding carboxylic acids is 1. The summed E-state index contributed by atoms with van der Waals surface area (Å²) < 4.78 is 1.38. The van der Waals surface area contributed by atoms with Crippen LogP contribution in [-0.4, -0.2) is 10.9 Å². The summed E-state index contributed by atoms with van der Waals surface area (Å²) in [5, 5.41) is 9.69. The summed E-state index contributed by atoms with van der Waals surface area (Å²) in [7, 11) is 0. The third kappa shape index (κ3) is 2.85. The van der Waals surface area contributed by atoms with Gasteiger partial charge in [-0.05, 0) is 64.2 Å². The molecular weight excluding hydrogens is 454 g/mol.